The Morgan fingerprint density at radius 2 is 2.00 bits per heavy atom. The first-order valence-electron chi connectivity index (χ1n) is 3.97. The van der Waals surface area contributed by atoms with Crippen LogP contribution in [0.15, 0.2) is 16.9 Å². The van der Waals surface area contributed by atoms with Gasteiger partial charge < -0.3 is 11.1 Å². The Hall–Kier alpha value is -1.17. The van der Waals surface area contributed by atoms with E-state index in [-0.39, 0.29) is 0 Å². The minimum absolute atomic E-state index is 0.372. The van der Waals surface area contributed by atoms with Gasteiger partial charge in [-0.3, -0.25) is 4.79 Å². The fourth-order valence-corrected chi connectivity index (χ4v) is 0.923. The van der Waals surface area contributed by atoms with Gasteiger partial charge in [-0.2, -0.15) is 0 Å². The molecule has 0 spiro atoms. The number of nitrogens with one attached hydrogen (secondary N) is 1. The summed E-state index contributed by atoms with van der Waals surface area (Å²) in [5, 5.41) is 2.83. The molecular formula is C8H11BrN4O. The van der Waals surface area contributed by atoms with E-state index in [4.69, 9.17) is 5.73 Å². The number of amides is 1. The van der Waals surface area contributed by atoms with E-state index in [2.05, 4.69) is 31.2 Å². The molecular weight excluding hydrogens is 248 g/mol. The number of nitrogens with zero attached hydrogens (tertiary/aromatic N) is 2. The van der Waals surface area contributed by atoms with Gasteiger partial charge in [-0.1, -0.05) is 0 Å². The van der Waals surface area contributed by atoms with Crippen LogP contribution in [0.1, 0.15) is 13.8 Å². The third-order valence-corrected chi connectivity index (χ3v) is 2.07. The molecule has 0 unspecified atom stereocenters. The van der Waals surface area contributed by atoms with Gasteiger partial charge in [-0.25, -0.2) is 9.97 Å². The SMILES string of the molecule is CC(C)(Nc1ncc(Br)cn1)C(N)=O. The second-order valence-corrected chi connectivity index (χ2v) is 4.25. The lowest BCUT2D eigenvalue weighted by Gasteiger charge is -2.21. The first-order valence-corrected chi connectivity index (χ1v) is 4.77. The van der Waals surface area contributed by atoms with Crippen LogP contribution in [-0.2, 0) is 4.79 Å². The number of carbonyl (C=O) groups excluding carboxylic acids is 1. The van der Waals surface area contributed by atoms with Gasteiger partial charge in [0.1, 0.15) is 5.54 Å². The van der Waals surface area contributed by atoms with Crippen LogP contribution in [0.2, 0.25) is 0 Å². The number of hydrogen-bond donors (Lipinski definition) is 2. The topological polar surface area (TPSA) is 80.9 Å². The van der Waals surface area contributed by atoms with E-state index >= 15 is 0 Å². The monoisotopic (exact) mass is 258 g/mol. The maximum absolute atomic E-state index is 11.0. The highest BCUT2D eigenvalue weighted by Gasteiger charge is 2.25. The largest absolute Gasteiger partial charge is 0.368 e. The molecule has 0 bridgehead atoms. The summed E-state index contributed by atoms with van der Waals surface area (Å²) in [6.45, 7) is 3.33. The van der Waals surface area contributed by atoms with Gasteiger partial charge >= 0.3 is 0 Å². The summed E-state index contributed by atoms with van der Waals surface area (Å²) < 4.78 is 0.778. The van der Waals surface area contributed by atoms with E-state index in [1.807, 2.05) is 0 Å². The highest BCUT2D eigenvalue weighted by molar-refractivity contribution is 9.10. The van der Waals surface area contributed by atoms with Gasteiger partial charge in [-0.15, -0.1) is 0 Å². The molecule has 76 valence electrons. The summed E-state index contributed by atoms with van der Waals surface area (Å²) in [7, 11) is 0. The highest BCUT2D eigenvalue weighted by atomic mass is 79.9. The predicted molar refractivity (Wildman–Crippen MR) is 56.6 cm³/mol. The second kappa shape index (κ2) is 3.91. The normalized spacial score (nSPS) is 11.1. The van der Waals surface area contributed by atoms with Crippen LogP contribution < -0.4 is 11.1 Å². The number of anilines is 1. The van der Waals surface area contributed by atoms with Crippen molar-refractivity contribution >= 4 is 27.8 Å². The summed E-state index contributed by atoms with van der Waals surface area (Å²) in [5.74, 6) is -0.0824. The lowest BCUT2D eigenvalue weighted by molar-refractivity contribution is -0.121. The first kappa shape index (κ1) is 10.9. The Morgan fingerprint density at radius 3 is 2.43 bits per heavy atom. The quantitative estimate of drug-likeness (QED) is 0.845. The summed E-state index contributed by atoms with van der Waals surface area (Å²) in [6.07, 6.45) is 3.18. The van der Waals surface area contributed by atoms with Crippen LogP contribution in [-0.4, -0.2) is 21.4 Å². The third kappa shape index (κ3) is 2.66. The summed E-state index contributed by atoms with van der Waals surface area (Å²) >= 11 is 3.21. The molecule has 6 heteroatoms. The van der Waals surface area contributed by atoms with Crippen molar-refractivity contribution in [2.45, 2.75) is 19.4 Å². The average molecular weight is 259 g/mol. The van der Waals surface area contributed by atoms with E-state index in [9.17, 15) is 4.79 Å². The van der Waals surface area contributed by atoms with Crippen molar-refractivity contribution in [2.24, 2.45) is 5.73 Å². The van der Waals surface area contributed by atoms with Crippen LogP contribution in [0.4, 0.5) is 5.95 Å². The predicted octanol–water partition coefficient (Wildman–Crippen LogP) is 0.915. The average Bonchev–Trinajstić information content (AvgIpc) is 2.08. The zero-order chi connectivity index (χ0) is 10.8. The molecule has 0 fully saturated rings. The maximum Gasteiger partial charge on any atom is 0.242 e. The summed E-state index contributed by atoms with van der Waals surface area (Å²) in [5.41, 5.74) is 4.33. The Kier molecular flexibility index (Phi) is 3.05. The highest BCUT2D eigenvalue weighted by Crippen LogP contribution is 2.11. The second-order valence-electron chi connectivity index (χ2n) is 3.34. The zero-order valence-electron chi connectivity index (χ0n) is 7.91. The molecule has 0 atom stereocenters. The number of rotatable bonds is 3. The number of aromatic nitrogens is 2. The number of halogens is 1. The van der Waals surface area contributed by atoms with Gasteiger partial charge in [0.05, 0.1) is 4.47 Å². The van der Waals surface area contributed by atoms with E-state index in [1.54, 1.807) is 26.2 Å². The molecule has 5 nitrogen and oxygen atoms in total. The van der Waals surface area contributed by atoms with Gasteiger partial charge in [0.15, 0.2) is 0 Å². The first-order chi connectivity index (χ1) is 6.42. The zero-order valence-corrected chi connectivity index (χ0v) is 9.50. The third-order valence-electron chi connectivity index (χ3n) is 1.66. The van der Waals surface area contributed by atoms with Gasteiger partial charge in [0.2, 0.25) is 11.9 Å². The molecule has 0 aromatic carbocycles. The molecule has 0 aliphatic rings. The Balaban J connectivity index is 2.79. The molecule has 0 saturated heterocycles. The molecule has 0 saturated carbocycles. The molecule has 1 amide bonds. The standard InChI is InChI=1S/C8H11BrN4O/c1-8(2,6(10)14)13-7-11-3-5(9)4-12-7/h3-4H,1-2H3,(H2,10,14)(H,11,12,13). The number of primary amides is 1. The smallest absolute Gasteiger partial charge is 0.242 e. The minimum atomic E-state index is -0.853. The van der Waals surface area contributed by atoms with E-state index in [0.717, 1.165) is 4.47 Å². The summed E-state index contributed by atoms with van der Waals surface area (Å²) in [4.78, 5) is 18.9. The molecule has 1 rings (SSSR count). The lowest BCUT2D eigenvalue weighted by atomic mass is 10.1. The number of carbonyl (C=O) groups is 1. The van der Waals surface area contributed by atoms with Gasteiger partial charge in [0.25, 0.3) is 0 Å². The van der Waals surface area contributed by atoms with E-state index in [0.29, 0.717) is 5.95 Å². The molecule has 0 aliphatic heterocycles. The van der Waals surface area contributed by atoms with E-state index in [1.165, 1.54) is 0 Å². The van der Waals surface area contributed by atoms with Crippen molar-refractivity contribution in [1.29, 1.82) is 0 Å². The molecule has 14 heavy (non-hydrogen) atoms. The molecule has 3 N–H and O–H groups in total. The Labute approximate surface area is 90.2 Å². The van der Waals surface area contributed by atoms with Crippen LogP contribution in [0, 0.1) is 0 Å². The van der Waals surface area contributed by atoms with Crippen molar-refractivity contribution in [3.63, 3.8) is 0 Å². The molecule has 1 aromatic heterocycles. The summed E-state index contributed by atoms with van der Waals surface area (Å²) in [6, 6.07) is 0. The van der Waals surface area contributed by atoms with Crippen LogP contribution in [0.25, 0.3) is 0 Å². The fourth-order valence-electron chi connectivity index (χ4n) is 0.718. The molecule has 0 aliphatic carbocycles. The Morgan fingerprint density at radius 1 is 1.50 bits per heavy atom. The van der Waals surface area contributed by atoms with Crippen molar-refractivity contribution in [3.05, 3.63) is 16.9 Å². The molecule has 0 radical (unpaired) electrons. The minimum Gasteiger partial charge on any atom is -0.368 e. The number of hydrogen-bond acceptors (Lipinski definition) is 4. The molecule has 1 aromatic rings. The van der Waals surface area contributed by atoms with Gasteiger partial charge in [-0.05, 0) is 29.8 Å². The van der Waals surface area contributed by atoms with Crippen molar-refractivity contribution in [1.82, 2.24) is 9.97 Å². The maximum atomic E-state index is 11.0. The van der Waals surface area contributed by atoms with Crippen molar-refractivity contribution in [3.8, 4) is 0 Å². The van der Waals surface area contributed by atoms with Crippen LogP contribution >= 0.6 is 15.9 Å². The fraction of sp³-hybridized carbons (Fsp3) is 0.375. The van der Waals surface area contributed by atoms with Gasteiger partial charge in [0, 0.05) is 12.4 Å². The van der Waals surface area contributed by atoms with Crippen molar-refractivity contribution < 1.29 is 4.79 Å². The van der Waals surface area contributed by atoms with Crippen molar-refractivity contribution in [2.75, 3.05) is 5.32 Å². The van der Waals surface area contributed by atoms with Crippen LogP contribution in [0.5, 0.6) is 0 Å². The van der Waals surface area contributed by atoms with Crippen LogP contribution in [0.3, 0.4) is 0 Å². The molecule has 1 heterocycles. The van der Waals surface area contributed by atoms with E-state index < -0.39 is 11.4 Å². The lowest BCUT2D eigenvalue weighted by Crippen LogP contribution is -2.45. The Bertz CT molecular complexity index is 336. The number of nitrogens with two attached hydrogens (primary N) is 1.